The van der Waals surface area contributed by atoms with E-state index < -0.39 is 0 Å². The minimum absolute atomic E-state index is 0.0473. The van der Waals surface area contributed by atoms with Crippen molar-refractivity contribution in [2.45, 2.75) is 13.5 Å². The van der Waals surface area contributed by atoms with E-state index >= 15 is 0 Å². The standard InChI is InChI=1S/C14H15BrN2O/c1-11-5-7-17(14(18)9-11)8-6-16-13-4-2-3-12(15)10-13/h2-5,7,9-10,16H,6,8H2,1H3. The van der Waals surface area contributed by atoms with Crippen LogP contribution in [0.25, 0.3) is 0 Å². The number of aromatic nitrogens is 1. The highest BCUT2D eigenvalue weighted by atomic mass is 79.9. The molecule has 0 atom stereocenters. The van der Waals surface area contributed by atoms with Crippen molar-refractivity contribution in [3.05, 3.63) is 63.0 Å². The molecule has 2 aromatic rings. The normalized spacial score (nSPS) is 10.3. The topological polar surface area (TPSA) is 34.0 Å². The van der Waals surface area contributed by atoms with Gasteiger partial charge >= 0.3 is 0 Å². The van der Waals surface area contributed by atoms with Gasteiger partial charge in [-0.15, -0.1) is 0 Å². The lowest BCUT2D eigenvalue weighted by Gasteiger charge is -2.09. The van der Waals surface area contributed by atoms with Gasteiger partial charge in [-0.25, -0.2) is 0 Å². The summed E-state index contributed by atoms with van der Waals surface area (Å²) < 4.78 is 2.75. The zero-order chi connectivity index (χ0) is 13.0. The maximum atomic E-state index is 11.7. The van der Waals surface area contributed by atoms with Crippen LogP contribution in [0.3, 0.4) is 0 Å². The van der Waals surface area contributed by atoms with Crippen LogP contribution in [0.1, 0.15) is 5.56 Å². The van der Waals surface area contributed by atoms with Gasteiger partial charge in [-0.1, -0.05) is 22.0 Å². The Hall–Kier alpha value is -1.55. The number of halogens is 1. The summed E-state index contributed by atoms with van der Waals surface area (Å²) in [5.41, 5.74) is 2.09. The maximum absolute atomic E-state index is 11.7. The number of hydrogen-bond acceptors (Lipinski definition) is 2. The van der Waals surface area contributed by atoms with Gasteiger partial charge in [-0.05, 0) is 36.8 Å². The van der Waals surface area contributed by atoms with Gasteiger partial charge in [0.25, 0.3) is 5.56 Å². The highest BCUT2D eigenvalue weighted by Crippen LogP contribution is 2.15. The summed E-state index contributed by atoms with van der Waals surface area (Å²) in [6.07, 6.45) is 1.83. The second-order valence-electron chi connectivity index (χ2n) is 4.17. The van der Waals surface area contributed by atoms with Crippen LogP contribution < -0.4 is 10.9 Å². The molecule has 1 heterocycles. The van der Waals surface area contributed by atoms with Crippen molar-refractivity contribution in [1.82, 2.24) is 4.57 Å². The molecule has 0 saturated heterocycles. The molecule has 1 aromatic heterocycles. The number of hydrogen-bond donors (Lipinski definition) is 1. The predicted octanol–water partition coefficient (Wildman–Crippen LogP) is 3.03. The highest BCUT2D eigenvalue weighted by molar-refractivity contribution is 9.10. The largest absolute Gasteiger partial charge is 0.383 e. The third kappa shape index (κ3) is 3.47. The van der Waals surface area contributed by atoms with Gasteiger partial charge < -0.3 is 9.88 Å². The Bertz CT molecular complexity index is 592. The Morgan fingerprint density at radius 1 is 1.28 bits per heavy atom. The Morgan fingerprint density at radius 2 is 2.11 bits per heavy atom. The lowest BCUT2D eigenvalue weighted by molar-refractivity contribution is 0.696. The van der Waals surface area contributed by atoms with Gasteiger partial charge in [0.1, 0.15) is 0 Å². The minimum Gasteiger partial charge on any atom is -0.383 e. The molecule has 1 aromatic carbocycles. The zero-order valence-electron chi connectivity index (χ0n) is 10.2. The fourth-order valence-corrected chi connectivity index (χ4v) is 2.11. The predicted molar refractivity (Wildman–Crippen MR) is 78.1 cm³/mol. The average molecular weight is 307 g/mol. The third-order valence-corrected chi connectivity index (χ3v) is 3.15. The first-order chi connectivity index (χ1) is 8.65. The number of benzene rings is 1. The van der Waals surface area contributed by atoms with E-state index in [0.29, 0.717) is 6.54 Å². The Morgan fingerprint density at radius 3 is 2.83 bits per heavy atom. The van der Waals surface area contributed by atoms with Crippen LogP contribution >= 0.6 is 15.9 Å². The summed E-state index contributed by atoms with van der Waals surface area (Å²) in [6.45, 7) is 3.30. The molecule has 0 aliphatic rings. The zero-order valence-corrected chi connectivity index (χ0v) is 11.8. The van der Waals surface area contributed by atoms with Gasteiger partial charge in [0.05, 0.1) is 0 Å². The first kappa shape index (κ1) is 12.9. The van der Waals surface area contributed by atoms with Crippen molar-refractivity contribution in [1.29, 1.82) is 0 Å². The molecule has 3 nitrogen and oxygen atoms in total. The summed E-state index contributed by atoms with van der Waals surface area (Å²) >= 11 is 3.42. The molecule has 0 spiro atoms. The molecular formula is C14H15BrN2O. The van der Waals surface area contributed by atoms with E-state index in [1.165, 1.54) is 0 Å². The number of anilines is 1. The van der Waals surface area contributed by atoms with Crippen LogP contribution in [-0.4, -0.2) is 11.1 Å². The minimum atomic E-state index is 0.0473. The molecule has 0 aliphatic heterocycles. The summed E-state index contributed by atoms with van der Waals surface area (Å²) in [5, 5.41) is 3.29. The van der Waals surface area contributed by atoms with E-state index in [-0.39, 0.29) is 5.56 Å². The van der Waals surface area contributed by atoms with Gasteiger partial charge in [0, 0.05) is 35.5 Å². The average Bonchev–Trinajstić information content (AvgIpc) is 2.32. The SMILES string of the molecule is Cc1ccn(CCNc2cccc(Br)c2)c(=O)c1. The molecule has 0 radical (unpaired) electrons. The van der Waals surface area contributed by atoms with E-state index in [4.69, 9.17) is 0 Å². The smallest absolute Gasteiger partial charge is 0.250 e. The molecule has 0 fully saturated rings. The van der Waals surface area contributed by atoms with E-state index in [9.17, 15) is 4.79 Å². The Balaban J connectivity index is 1.94. The van der Waals surface area contributed by atoms with Gasteiger partial charge in [0.2, 0.25) is 0 Å². The second-order valence-corrected chi connectivity index (χ2v) is 5.09. The van der Waals surface area contributed by atoms with Gasteiger partial charge in [-0.3, -0.25) is 4.79 Å². The third-order valence-electron chi connectivity index (χ3n) is 2.66. The van der Waals surface area contributed by atoms with E-state index in [2.05, 4.69) is 21.2 Å². The monoisotopic (exact) mass is 306 g/mol. The molecule has 2 rings (SSSR count). The number of pyridine rings is 1. The summed E-state index contributed by atoms with van der Waals surface area (Å²) in [4.78, 5) is 11.7. The van der Waals surface area contributed by atoms with Gasteiger partial charge in [0.15, 0.2) is 0 Å². The fourth-order valence-electron chi connectivity index (χ4n) is 1.71. The molecule has 0 unspecified atom stereocenters. The molecule has 18 heavy (non-hydrogen) atoms. The molecule has 94 valence electrons. The molecule has 0 amide bonds. The van der Waals surface area contributed by atoms with Crippen LogP contribution in [0.2, 0.25) is 0 Å². The maximum Gasteiger partial charge on any atom is 0.250 e. The first-order valence-corrected chi connectivity index (χ1v) is 6.61. The molecule has 0 bridgehead atoms. The lowest BCUT2D eigenvalue weighted by atomic mass is 10.3. The molecular weight excluding hydrogens is 292 g/mol. The van der Waals surface area contributed by atoms with Crippen LogP contribution in [0, 0.1) is 6.92 Å². The van der Waals surface area contributed by atoms with Crippen molar-refractivity contribution >= 4 is 21.6 Å². The summed E-state index contributed by atoms with van der Waals surface area (Å²) in [7, 11) is 0. The van der Waals surface area contributed by atoms with Crippen LogP contribution in [0.5, 0.6) is 0 Å². The molecule has 1 N–H and O–H groups in total. The number of nitrogens with one attached hydrogen (secondary N) is 1. The first-order valence-electron chi connectivity index (χ1n) is 5.82. The number of aryl methyl sites for hydroxylation is 1. The van der Waals surface area contributed by atoms with E-state index in [1.54, 1.807) is 10.6 Å². The molecule has 0 saturated carbocycles. The van der Waals surface area contributed by atoms with E-state index in [0.717, 1.165) is 22.3 Å². The summed E-state index contributed by atoms with van der Waals surface area (Å²) in [5.74, 6) is 0. The van der Waals surface area contributed by atoms with E-state index in [1.807, 2.05) is 43.5 Å². The van der Waals surface area contributed by atoms with Crippen molar-refractivity contribution in [2.75, 3.05) is 11.9 Å². The van der Waals surface area contributed by atoms with Crippen molar-refractivity contribution in [2.24, 2.45) is 0 Å². The van der Waals surface area contributed by atoms with Gasteiger partial charge in [-0.2, -0.15) is 0 Å². The Labute approximate surface area is 115 Å². The molecule has 0 aliphatic carbocycles. The van der Waals surface area contributed by atoms with Crippen molar-refractivity contribution in [3.8, 4) is 0 Å². The Kier molecular flexibility index (Phi) is 4.20. The fraction of sp³-hybridized carbons (Fsp3) is 0.214. The second kappa shape index (κ2) is 5.87. The van der Waals surface area contributed by atoms with Crippen LogP contribution in [-0.2, 0) is 6.54 Å². The lowest BCUT2D eigenvalue weighted by Crippen LogP contribution is -2.22. The number of nitrogens with zero attached hydrogens (tertiary/aromatic N) is 1. The van der Waals surface area contributed by atoms with Crippen LogP contribution in [0.4, 0.5) is 5.69 Å². The van der Waals surface area contributed by atoms with Crippen molar-refractivity contribution < 1.29 is 0 Å². The van der Waals surface area contributed by atoms with Crippen molar-refractivity contribution in [3.63, 3.8) is 0 Å². The van der Waals surface area contributed by atoms with Crippen LogP contribution in [0.15, 0.2) is 51.9 Å². The quantitative estimate of drug-likeness (QED) is 0.942. The molecule has 4 heteroatoms. The highest BCUT2D eigenvalue weighted by Gasteiger charge is 1.96. The summed E-state index contributed by atoms with van der Waals surface area (Å²) in [6, 6.07) is 11.6. The number of rotatable bonds is 4.